The molecule has 2 unspecified atom stereocenters. The van der Waals surface area contributed by atoms with Crippen molar-refractivity contribution in [3.05, 3.63) is 49.6 Å². The number of ether oxygens (including phenoxy) is 3. The van der Waals surface area contributed by atoms with Crippen molar-refractivity contribution in [2.24, 2.45) is 11.8 Å². The van der Waals surface area contributed by atoms with Gasteiger partial charge in [-0.2, -0.15) is 0 Å². The van der Waals surface area contributed by atoms with Crippen molar-refractivity contribution in [3.8, 4) is 5.75 Å². The van der Waals surface area contributed by atoms with Gasteiger partial charge in [0.1, 0.15) is 23.3 Å². The minimum atomic E-state index is -1.21. The van der Waals surface area contributed by atoms with Gasteiger partial charge in [0.25, 0.3) is 5.91 Å². The number of carbonyl (C=O) groups is 3. The number of aliphatic hydroxyl groups excluding tert-OH is 1. The lowest BCUT2D eigenvalue weighted by Gasteiger charge is -2.39. The van der Waals surface area contributed by atoms with Gasteiger partial charge in [0.15, 0.2) is 0 Å². The van der Waals surface area contributed by atoms with Gasteiger partial charge in [-0.1, -0.05) is 26.0 Å². The molecule has 39 heavy (non-hydrogen) atoms. The van der Waals surface area contributed by atoms with Gasteiger partial charge >= 0.3 is 5.97 Å². The van der Waals surface area contributed by atoms with Crippen LogP contribution in [0.1, 0.15) is 46.0 Å². The van der Waals surface area contributed by atoms with E-state index in [0.717, 1.165) is 0 Å². The highest BCUT2D eigenvalue weighted by Crippen LogP contribution is 2.65. The second-order valence-corrected chi connectivity index (χ2v) is 10.5. The van der Waals surface area contributed by atoms with Crippen molar-refractivity contribution in [2.45, 2.75) is 69.2 Å². The summed E-state index contributed by atoms with van der Waals surface area (Å²) in [4.78, 5) is 45.4. The third kappa shape index (κ3) is 4.55. The van der Waals surface area contributed by atoms with E-state index in [4.69, 9.17) is 14.2 Å². The van der Waals surface area contributed by atoms with Gasteiger partial charge < -0.3 is 29.1 Å². The summed E-state index contributed by atoms with van der Waals surface area (Å²) in [6, 6.07) is 5.46. The van der Waals surface area contributed by atoms with E-state index in [1.54, 1.807) is 48.4 Å². The first kappa shape index (κ1) is 28.8. The first-order valence-corrected chi connectivity index (χ1v) is 13.8. The predicted octanol–water partition coefficient (Wildman–Crippen LogP) is 3.26. The molecular weight excluding hydrogens is 500 g/mol. The fraction of sp³-hybridized carbons (Fsp3) is 0.567. The molecule has 3 aliphatic heterocycles. The zero-order valence-electron chi connectivity index (χ0n) is 23.1. The van der Waals surface area contributed by atoms with E-state index in [-0.39, 0.29) is 31.6 Å². The standard InChI is InChI=1S/C30H40N2O7/c1-6-10-18-38-28(36)24-23-26(34)32(20(8-3)19-33)25(30(23)16-15-29(24,9-4)39-30)27(35)31(17-7-2)21-11-13-22(37-5)14-12-21/h6-7,11-14,20,23-25,33H,1-2,8-10,15-19H2,3-5H3/t20-,23-,24-,25?,29+,30?/m0/s1. The van der Waals surface area contributed by atoms with Crippen LogP contribution in [0, 0.1) is 11.8 Å². The highest BCUT2D eigenvalue weighted by molar-refractivity contribution is 6.05. The number of hydrogen-bond acceptors (Lipinski definition) is 7. The van der Waals surface area contributed by atoms with Crippen molar-refractivity contribution in [2.75, 3.05) is 31.8 Å². The topological polar surface area (TPSA) is 106 Å². The highest BCUT2D eigenvalue weighted by atomic mass is 16.6. The van der Waals surface area contributed by atoms with Gasteiger partial charge in [0, 0.05) is 12.2 Å². The van der Waals surface area contributed by atoms with Gasteiger partial charge in [-0.25, -0.2) is 0 Å². The number of amides is 2. The van der Waals surface area contributed by atoms with Crippen LogP contribution < -0.4 is 9.64 Å². The van der Waals surface area contributed by atoms with E-state index >= 15 is 0 Å². The number of carbonyl (C=O) groups excluding carboxylic acids is 3. The van der Waals surface area contributed by atoms with E-state index in [2.05, 4.69) is 13.2 Å². The minimum absolute atomic E-state index is 0.164. The van der Waals surface area contributed by atoms with Crippen LogP contribution in [0.4, 0.5) is 5.69 Å². The molecule has 9 nitrogen and oxygen atoms in total. The molecule has 1 spiro atoms. The molecule has 1 aromatic carbocycles. The Morgan fingerprint density at radius 3 is 2.51 bits per heavy atom. The Kier molecular flexibility index (Phi) is 8.51. The average molecular weight is 541 g/mol. The lowest BCUT2D eigenvalue weighted by molar-refractivity contribution is -0.162. The third-order valence-electron chi connectivity index (χ3n) is 8.71. The largest absolute Gasteiger partial charge is 0.497 e. The first-order chi connectivity index (χ1) is 18.8. The maximum atomic E-state index is 14.6. The minimum Gasteiger partial charge on any atom is -0.497 e. The molecule has 6 atom stereocenters. The maximum absolute atomic E-state index is 14.6. The highest BCUT2D eigenvalue weighted by Gasteiger charge is 2.79. The monoisotopic (exact) mass is 540 g/mol. The molecule has 4 rings (SSSR count). The second kappa shape index (κ2) is 11.5. The van der Waals surface area contributed by atoms with Crippen molar-refractivity contribution in [1.29, 1.82) is 0 Å². The number of likely N-dealkylation sites (tertiary alicyclic amines) is 1. The van der Waals surface area contributed by atoms with Crippen LogP contribution in [0.5, 0.6) is 5.75 Å². The Bertz CT molecular complexity index is 1100. The molecule has 212 valence electrons. The molecule has 3 fully saturated rings. The van der Waals surface area contributed by atoms with Gasteiger partial charge in [0.05, 0.1) is 37.9 Å². The Morgan fingerprint density at radius 2 is 1.95 bits per heavy atom. The van der Waals surface area contributed by atoms with Gasteiger partial charge in [0.2, 0.25) is 5.91 Å². The lowest BCUT2D eigenvalue weighted by atomic mass is 9.65. The van der Waals surface area contributed by atoms with Crippen LogP contribution in [0.25, 0.3) is 0 Å². The molecular formula is C30H40N2O7. The molecule has 3 saturated heterocycles. The summed E-state index contributed by atoms with van der Waals surface area (Å²) in [5.74, 6) is -2.23. The Hall–Kier alpha value is -3.17. The summed E-state index contributed by atoms with van der Waals surface area (Å²) in [6.45, 7) is 11.4. The number of rotatable bonds is 13. The molecule has 0 radical (unpaired) electrons. The quantitative estimate of drug-likeness (QED) is 0.233. The average Bonchev–Trinajstić information content (AvgIpc) is 3.56. The summed E-state index contributed by atoms with van der Waals surface area (Å²) in [7, 11) is 1.57. The third-order valence-corrected chi connectivity index (χ3v) is 8.71. The number of anilines is 1. The molecule has 2 amide bonds. The van der Waals surface area contributed by atoms with Gasteiger partial charge in [-0.05, 0) is 56.4 Å². The lowest BCUT2D eigenvalue weighted by Crippen LogP contribution is -2.59. The van der Waals surface area contributed by atoms with E-state index in [1.165, 1.54) is 4.90 Å². The molecule has 9 heteroatoms. The number of hydrogen-bond donors (Lipinski definition) is 1. The van der Waals surface area contributed by atoms with Crippen LogP contribution in [-0.4, -0.2) is 77.9 Å². The fourth-order valence-electron chi connectivity index (χ4n) is 6.80. The summed E-state index contributed by atoms with van der Waals surface area (Å²) in [6.07, 6.45) is 5.72. The zero-order chi connectivity index (χ0) is 28.4. The smallest absolute Gasteiger partial charge is 0.312 e. The molecule has 1 aromatic rings. The van der Waals surface area contributed by atoms with Crippen molar-refractivity contribution < 1.29 is 33.7 Å². The molecule has 3 heterocycles. The second-order valence-electron chi connectivity index (χ2n) is 10.5. The summed E-state index contributed by atoms with van der Waals surface area (Å²) < 4.78 is 17.6. The molecule has 1 N–H and O–H groups in total. The molecule has 0 saturated carbocycles. The summed E-state index contributed by atoms with van der Waals surface area (Å²) in [5, 5.41) is 10.3. The number of benzene rings is 1. The normalized spacial score (nSPS) is 29.6. The van der Waals surface area contributed by atoms with Crippen LogP contribution in [0.3, 0.4) is 0 Å². The fourth-order valence-corrected chi connectivity index (χ4v) is 6.80. The van der Waals surface area contributed by atoms with Gasteiger partial charge in [-0.15, -0.1) is 13.2 Å². The predicted molar refractivity (Wildman–Crippen MR) is 146 cm³/mol. The number of esters is 1. The van der Waals surface area contributed by atoms with Crippen LogP contribution in [0.15, 0.2) is 49.6 Å². The summed E-state index contributed by atoms with van der Waals surface area (Å²) in [5.41, 5.74) is -1.48. The molecule has 3 aliphatic rings. The van der Waals surface area contributed by atoms with Crippen LogP contribution in [-0.2, 0) is 23.9 Å². The Balaban J connectivity index is 1.81. The Morgan fingerprint density at radius 1 is 1.23 bits per heavy atom. The van der Waals surface area contributed by atoms with E-state index in [0.29, 0.717) is 43.5 Å². The van der Waals surface area contributed by atoms with Crippen molar-refractivity contribution in [1.82, 2.24) is 4.90 Å². The van der Waals surface area contributed by atoms with E-state index < -0.39 is 41.1 Å². The zero-order valence-corrected chi connectivity index (χ0v) is 23.1. The van der Waals surface area contributed by atoms with Gasteiger partial charge in [-0.3, -0.25) is 14.4 Å². The van der Waals surface area contributed by atoms with E-state index in [9.17, 15) is 19.5 Å². The number of nitrogens with zero attached hydrogens (tertiary/aromatic N) is 2. The first-order valence-electron chi connectivity index (χ1n) is 13.8. The summed E-state index contributed by atoms with van der Waals surface area (Å²) >= 11 is 0. The molecule has 0 aliphatic carbocycles. The number of methoxy groups -OCH3 is 1. The number of aliphatic hydroxyl groups is 1. The van der Waals surface area contributed by atoms with Crippen molar-refractivity contribution in [3.63, 3.8) is 0 Å². The van der Waals surface area contributed by atoms with Crippen LogP contribution in [0.2, 0.25) is 0 Å². The van der Waals surface area contributed by atoms with Crippen LogP contribution >= 0.6 is 0 Å². The number of fused-ring (bicyclic) bond motifs is 1. The Labute approximate surface area is 230 Å². The van der Waals surface area contributed by atoms with E-state index in [1.807, 2.05) is 13.8 Å². The van der Waals surface area contributed by atoms with Crippen molar-refractivity contribution >= 4 is 23.5 Å². The molecule has 0 aromatic heterocycles. The SMILES string of the molecule is C=CCCOC(=O)[C@@H]1[C@H]2C(=O)N([C@@H](CC)CO)C(C(=O)N(CC=C)c3ccc(OC)cc3)C23CC[C@@]1(CC)O3. The molecule has 2 bridgehead atoms. The maximum Gasteiger partial charge on any atom is 0.312 e.